The summed E-state index contributed by atoms with van der Waals surface area (Å²) in [6.07, 6.45) is 4.82. The van der Waals surface area contributed by atoms with E-state index in [0.717, 1.165) is 25.7 Å². The average molecular weight is 261 g/mol. The van der Waals surface area contributed by atoms with Crippen molar-refractivity contribution in [1.29, 1.82) is 0 Å². The molecule has 0 aromatic carbocycles. The topological polar surface area (TPSA) is 46.2 Å². The number of rotatable bonds is 5. The minimum absolute atomic E-state index is 0.0430. The minimum atomic E-state index is -0.0430. The zero-order valence-electron chi connectivity index (χ0n) is 9.32. The molecular weight excluding hydrogens is 242 g/mol. The molecule has 3 nitrogen and oxygen atoms in total. The van der Waals surface area contributed by atoms with Crippen LogP contribution in [0, 0.1) is 5.92 Å². The predicted molar refractivity (Wildman–Crippen MR) is 71.2 cm³/mol. The van der Waals surface area contributed by atoms with Gasteiger partial charge in [-0.2, -0.15) is 25.3 Å². The highest BCUT2D eigenvalue weighted by molar-refractivity contribution is 7.81. The van der Waals surface area contributed by atoms with Crippen molar-refractivity contribution in [2.75, 3.05) is 11.5 Å². The molecule has 1 rings (SSSR count). The maximum atomic E-state index is 11.4. The van der Waals surface area contributed by atoms with Crippen molar-refractivity contribution in [2.24, 2.45) is 5.92 Å². The van der Waals surface area contributed by atoms with Crippen molar-refractivity contribution in [1.82, 2.24) is 5.32 Å². The molecule has 16 heavy (non-hydrogen) atoms. The van der Waals surface area contributed by atoms with Crippen LogP contribution in [0.4, 0.5) is 0 Å². The molecule has 0 unspecified atom stereocenters. The zero-order chi connectivity index (χ0) is 12.0. The molecule has 0 aromatic rings. The van der Waals surface area contributed by atoms with Gasteiger partial charge in [0.1, 0.15) is 5.78 Å². The molecule has 0 spiro atoms. The third-order valence-corrected chi connectivity index (χ3v) is 3.71. The minimum Gasteiger partial charge on any atom is -0.352 e. The normalized spacial score (nSPS) is 25.1. The molecule has 1 N–H and O–H groups in total. The highest BCUT2D eigenvalue weighted by atomic mass is 32.1. The van der Waals surface area contributed by atoms with Gasteiger partial charge < -0.3 is 5.32 Å². The molecule has 5 heteroatoms. The van der Waals surface area contributed by atoms with Gasteiger partial charge in [-0.25, -0.2) is 0 Å². The second kappa shape index (κ2) is 7.22. The standard InChI is InChI=1S/C11H19NO2S2/c13-9(6-15)5-8-3-1-2-4-10(8)12-11(14)7-16/h8,10,15-16H,1-7H2,(H,12,14)/t8-,10+/m0/s1. The fourth-order valence-electron chi connectivity index (χ4n) is 2.25. The SMILES string of the molecule is O=C(CS)C[C@@H]1CCCC[C@H]1NC(=O)CS. The first-order chi connectivity index (χ1) is 7.67. The number of nitrogens with one attached hydrogen (secondary N) is 1. The number of ketones is 1. The summed E-state index contributed by atoms with van der Waals surface area (Å²) in [5.41, 5.74) is 0. The molecule has 0 heterocycles. The molecule has 1 fully saturated rings. The lowest BCUT2D eigenvalue weighted by atomic mass is 9.81. The average Bonchev–Trinajstić information content (AvgIpc) is 2.31. The highest BCUT2D eigenvalue weighted by Crippen LogP contribution is 2.27. The first-order valence-electron chi connectivity index (χ1n) is 5.70. The van der Waals surface area contributed by atoms with Crippen molar-refractivity contribution >= 4 is 36.9 Å². The molecule has 0 aliphatic heterocycles. The van der Waals surface area contributed by atoms with Gasteiger partial charge >= 0.3 is 0 Å². The Morgan fingerprint density at radius 2 is 1.81 bits per heavy atom. The van der Waals surface area contributed by atoms with Crippen LogP contribution in [0.2, 0.25) is 0 Å². The Kier molecular flexibility index (Phi) is 6.28. The molecule has 1 aliphatic carbocycles. The van der Waals surface area contributed by atoms with Gasteiger partial charge in [-0.05, 0) is 18.8 Å². The van der Waals surface area contributed by atoms with Gasteiger partial charge in [0.05, 0.1) is 5.75 Å². The van der Waals surface area contributed by atoms with Crippen molar-refractivity contribution in [3.05, 3.63) is 0 Å². The number of thiol groups is 2. The molecule has 0 bridgehead atoms. The third kappa shape index (κ3) is 4.37. The van der Waals surface area contributed by atoms with Crippen LogP contribution in [0.1, 0.15) is 32.1 Å². The van der Waals surface area contributed by atoms with E-state index in [4.69, 9.17) is 0 Å². The van der Waals surface area contributed by atoms with Crippen LogP contribution in [-0.4, -0.2) is 29.2 Å². The van der Waals surface area contributed by atoms with E-state index >= 15 is 0 Å². The number of amides is 1. The Hall–Kier alpha value is -0.160. The molecule has 2 atom stereocenters. The van der Waals surface area contributed by atoms with Gasteiger partial charge in [0.25, 0.3) is 0 Å². The number of hydrogen-bond acceptors (Lipinski definition) is 4. The van der Waals surface area contributed by atoms with Gasteiger partial charge in [0, 0.05) is 18.2 Å². The molecule has 1 aliphatic rings. The summed E-state index contributed by atoms with van der Waals surface area (Å²) in [4.78, 5) is 22.7. The van der Waals surface area contributed by atoms with Crippen LogP contribution < -0.4 is 5.32 Å². The Balaban J connectivity index is 2.49. The van der Waals surface area contributed by atoms with E-state index in [-0.39, 0.29) is 29.4 Å². The first kappa shape index (κ1) is 13.9. The monoisotopic (exact) mass is 261 g/mol. The molecular formula is C11H19NO2S2. The van der Waals surface area contributed by atoms with E-state index in [0.29, 0.717) is 12.2 Å². The van der Waals surface area contributed by atoms with Gasteiger partial charge in [-0.3, -0.25) is 9.59 Å². The number of Topliss-reactive ketones (excluding diaryl/α,β-unsaturated/α-hetero) is 1. The van der Waals surface area contributed by atoms with Crippen LogP contribution in [0.25, 0.3) is 0 Å². The summed E-state index contributed by atoms with van der Waals surface area (Å²) in [5.74, 6) is 0.921. The zero-order valence-corrected chi connectivity index (χ0v) is 11.1. The highest BCUT2D eigenvalue weighted by Gasteiger charge is 2.27. The van der Waals surface area contributed by atoms with E-state index in [9.17, 15) is 9.59 Å². The Bertz CT molecular complexity index is 232. The van der Waals surface area contributed by atoms with Crippen molar-refractivity contribution < 1.29 is 9.59 Å². The number of carbonyl (C=O) groups is 2. The maximum Gasteiger partial charge on any atom is 0.229 e. The Labute approximate surface area is 108 Å². The molecule has 0 radical (unpaired) electrons. The third-order valence-electron chi connectivity index (χ3n) is 3.07. The number of hydrogen-bond donors (Lipinski definition) is 3. The predicted octanol–water partition coefficient (Wildman–Crippen LogP) is 1.48. The van der Waals surface area contributed by atoms with Gasteiger partial charge in [0.2, 0.25) is 5.91 Å². The van der Waals surface area contributed by atoms with Crippen molar-refractivity contribution in [2.45, 2.75) is 38.1 Å². The lowest BCUT2D eigenvalue weighted by molar-refractivity contribution is -0.121. The van der Waals surface area contributed by atoms with Crippen LogP contribution in [0.3, 0.4) is 0 Å². The van der Waals surface area contributed by atoms with Gasteiger partial charge in [-0.15, -0.1) is 0 Å². The fourth-order valence-corrected chi connectivity index (χ4v) is 2.47. The smallest absolute Gasteiger partial charge is 0.229 e. The van der Waals surface area contributed by atoms with Gasteiger partial charge in [-0.1, -0.05) is 12.8 Å². The summed E-state index contributed by atoms with van der Waals surface area (Å²) in [6, 6.07) is 0.150. The summed E-state index contributed by atoms with van der Waals surface area (Å²) in [5, 5.41) is 2.96. The van der Waals surface area contributed by atoms with E-state index in [1.807, 2.05) is 0 Å². The van der Waals surface area contributed by atoms with Crippen LogP contribution in [-0.2, 0) is 9.59 Å². The molecule has 0 aromatic heterocycles. The Morgan fingerprint density at radius 3 is 2.44 bits per heavy atom. The fraction of sp³-hybridized carbons (Fsp3) is 0.818. The second-order valence-electron chi connectivity index (χ2n) is 4.28. The van der Waals surface area contributed by atoms with Crippen LogP contribution in [0.15, 0.2) is 0 Å². The van der Waals surface area contributed by atoms with Gasteiger partial charge in [0.15, 0.2) is 0 Å². The molecule has 1 saturated carbocycles. The van der Waals surface area contributed by atoms with Crippen LogP contribution in [0.5, 0.6) is 0 Å². The number of carbonyl (C=O) groups excluding carboxylic acids is 2. The summed E-state index contributed by atoms with van der Waals surface area (Å²) in [6.45, 7) is 0. The van der Waals surface area contributed by atoms with E-state index in [2.05, 4.69) is 30.6 Å². The second-order valence-corrected chi connectivity index (χ2v) is 4.91. The quantitative estimate of drug-likeness (QED) is 0.657. The van der Waals surface area contributed by atoms with E-state index < -0.39 is 0 Å². The van der Waals surface area contributed by atoms with E-state index in [1.165, 1.54) is 0 Å². The molecule has 0 saturated heterocycles. The van der Waals surface area contributed by atoms with E-state index in [1.54, 1.807) is 0 Å². The first-order valence-corrected chi connectivity index (χ1v) is 6.96. The maximum absolute atomic E-state index is 11.4. The summed E-state index contributed by atoms with van der Waals surface area (Å²) >= 11 is 7.93. The lowest BCUT2D eigenvalue weighted by Crippen LogP contribution is -2.43. The Morgan fingerprint density at radius 1 is 1.12 bits per heavy atom. The molecule has 92 valence electrons. The summed E-state index contributed by atoms with van der Waals surface area (Å²) in [7, 11) is 0. The lowest BCUT2D eigenvalue weighted by Gasteiger charge is -2.31. The molecule has 1 amide bonds. The van der Waals surface area contributed by atoms with Crippen LogP contribution >= 0.6 is 25.3 Å². The van der Waals surface area contributed by atoms with Crippen molar-refractivity contribution in [3.8, 4) is 0 Å². The summed E-state index contributed by atoms with van der Waals surface area (Å²) < 4.78 is 0. The van der Waals surface area contributed by atoms with Crippen molar-refractivity contribution in [3.63, 3.8) is 0 Å². The largest absolute Gasteiger partial charge is 0.352 e.